The predicted molar refractivity (Wildman–Crippen MR) is 72.1 cm³/mol. The molecule has 3 nitrogen and oxygen atoms in total. The second-order valence-electron chi connectivity index (χ2n) is 3.81. The number of rotatable bonds is 3. The maximum Gasteiger partial charge on any atom is 0.0772 e. The molecule has 0 saturated heterocycles. The van der Waals surface area contributed by atoms with E-state index in [1.54, 1.807) is 23.4 Å². The zero-order chi connectivity index (χ0) is 12.4. The summed E-state index contributed by atoms with van der Waals surface area (Å²) in [6.45, 7) is 1.77. The molecule has 1 unspecified atom stereocenters. The molecule has 2 aromatic rings. The number of halogens is 1. The van der Waals surface area contributed by atoms with Crippen LogP contribution < -0.4 is 0 Å². The van der Waals surface area contributed by atoms with E-state index >= 15 is 0 Å². The van der Waals surface area contributed by atoms with E-state index in [9.17, 15) is 5.11 Å². The quantitative estimate of drug-likeness (QED) is 0.944. The molecule has 1 heterocycles. The number of aliphatic hydroxyl groups is 1. The Kier molecular flexibility index (Phi) is 3.91. The first kappa shape index (κ1) is 12.7. The first-order chi connectivity index (χ1) is 8.06. The second kappa shape index (κ2) is 5.25. The van der Waals surface area contributed by atoms with E-state index in [1.807, 2.05) is 37.6 Å². The summed E-state index contributed by atoms with van der Waals surface area (Å²) in [6.07, 6.45) is 3.30. The summed E-state index contributed by atoms with van der Waals surface area (Å²) in [7, 11) is 1.89. The summed E-state index contributed by atoms with van der Waals surface area (Å²) in [5.41, 5.74) is 0.932. The van der Waals surface area contributed by atoms with Gasteiger partial charge in [0.1, 0.15) is 0 Å². The number of hydrogen-bond donors (Lipinski definition) is 1. The van der Waals surface area contributed by atoms with Gasteiger partial charge in [-0.05, 0) is 24.6 Å². The molecule has 0 fully saturated rings. The zero-order valence-electron chi connectivity index (χ0n) is 9.59. The molecule has 1 atom stereocenters. The summed E-state index contributed by atoms with van der Waals surface area (Å²) >= 11 is 5.05. The Morgan fingerprint density at radius 1 is 1.47 bits per heavy atom. The number of hydrogen-bond acceptors (Lipinski definition) is 3. The van der Waals surface area contributed by atoms with Crippen LogP contribution >= 0.6 is 27.7 Å². The molecule has 0 saturated carbocycles. The lowest BCUT2D eigenvalue weighted by Gasteiger charge is -2.11. The highest BCUT2D eigenvalue weighted by molar-refractivity contribution is 9.10. The van der Waals surface area contributed by atoms with Crippen LogP contribution in [-0.4, -0.2) is 14.9 Å². The van der Waals surface area contributed by atoms with Gasteiger partial charge in [-0.3, -0.25) is 4.68 Å². The Morgan fingerprint density at radius 2 is 2.24 bits per heavy atom. The highest BCUT2D eigenvalue weighted by Crippen LogP contribution is 2.34. The molecule has 1 aromatic carbocycles. The maximum absolute atomic E-state index is 9.73. The highest BCUT2D eigenvalue weighted by atomic mass is 79.9. The van der Waals surface area contributed by atoms with E-state index in [0.717, 1.165) is 19.8 Å². The van der Waals surface area contributed by atoms with Gasteiger partial charge in [-0.15, -0.1) is 0 Å². The first-order valence-corrected chi connectivity index (χ1v) is 6.81. The van der Waals surface area contributed by atoms with Crippen LogP contribution in [0.1, 0.15) is 18.6 Å². The first-order valence-electron chi connectivity index (χ1n) is 5.20. The third-order valence-electron chi connectivity index (χ3n) is 2.33. The van der Waals surface area contributed by atoms with E-state index in [-0.39, 0.29) is 0 Å². The topological polar surface area (TPSA) is 38.1 Å². The van der Waals surface area contributed by atoms with Crippen molar-refractivity contribution in [3.63, 3.8) is 0 Å². The number of aliphatic hydroxyl groups excluding tert-OH is 1. The molecule has 0 amide bonds. The van der Waals surface area contributed by atoms with Crippen molar-refractivity contribution >= 4 is 27.7 Å². The van der Waals surface area contributed by atoms with Gasteiger partial charge in [-0.2, -0.15) is 5.10 Å². The molecule has 2 rings (SSSR count). The molecule has 0 aliphatic carbocycles. The molecule has 0 aliphatic heterocycles. The van der Waals surface area contributed by atoms with Crippen LogP contribution in [0.3, 0.4) is 0 Å². The van der Waals surface area contributed by atoms with Crippen molar-refractivity contribution < 1.29 is 5.11 Å². The van der Waals surface area contributed by atoms with Crippen molar-refractivity contribution in [1.82, 2.24) is 9.78 Å². The van der Waals surface area contributed by atoms with E-state index in [1.165, 1.54) is 0 Å². The van der Waals surface area contributed by atoms with Crippen LogP contribution in [0.15, 0.2) is 44.9 Å². The van der Waals surface area contributed by atoms with E-state index in [0.29, 0.717) is 0 Å². The molecular weight excluding hydrogens is 300 g/mol. The summed E-state index contributed by atoms with van der Waals surface area (Å²) in [5.74, 6) is 0. The number of nitrogens with zero attached hydrogens (tertiary/aromatic N) is 2. The Morgan fingerprint density at radius 3 is 2.82 bits per heavy atom. The largest absolute Gasteiger partial charge is 0.389 e. The molecule has 0 aliphatic rings. The van der Waals surface area contributed by atoms with Crippen LogP contribution in [0.2, 0.25) is 0 Å². The van der Waals surface area contributed by atoms with Gasteiger partial charge in [-0.25, -0.2) is 0 Å². The van der Waals surface area contributed by atoms with E-state index in [2.05, 4.69) is 21.0 Å². The minimum atomic E-state index is -0.470. The van der Waals surface area contributed by atoms with Crippen molar-refractivity contribution in [2.45, 2.75) is 22.8 Å². The molecule has 17 heavy (non-hydrogen) atoms. The van der Waals surface area contributed by atoms with Crippen molar-refractivity contribution in [2.75, 3.05) is 0 Å². The monoisotopic (exact) mass is 312 g/mol. The minimum Gasteiger partial charge on any atom is -0.389 e. The molecule has 0 radical (unpaired) electrons. The van der Waals surface area contributed by atoms with Gasteiger partial charge >= 0.3 is 0 Å². The van der Waals surface area contributed by atoms with Gasteiger partial charge in [0.2, 0.25) is 0 Å². The number of aromatic nitrogens is 2. The van der Waals surface area contributed by atoms with Crippen molar-refractivity contribution in [2.24, 2.45) is 7.05 Å². The summed E-state index contributed by atoms with van der Waals surface area (Å²) in [4.78, 5) is 2.11. The average molecular weight is 313 g/mol. The Hall–Kier alpha value is -0.780. The summed E-state index contributed by atoms with van der Waals surface area (Å²) < 4.78 is 2.77. The minimum absolute atomic E-state index is 0.470. The van der Waals surface area contributed by atoms with Crippen molar-refractivity contribution in [3.05, 3.63) is 40.6 Å². The zero-order valence-corrected chi connectivity index (χ0v) is 12.0. The van der Waals surface area contributed by atoms with E-state index < -0.39 is 6.10 Å². The van der Waals surface area contributed by atoms with Crippen LogP contribution in [0.25, 0.3) is 0 Å². The van der Waals surface area contributed by atoms with Crippen LogP contribution in [0.5, 0.6) is 0 Å². The Balaban J connectivity index is 2.33. The van der Waals surface area contributed by atoms with Crippen LogP contribution in [0.4, 0.5) is 0 Å². The lowest BCUT2D eigenvalue weighted by atomic mass is 10.1. The molecule has 1 aromatic heterocycles. The Labute approximate surface area is 113 Å². The fraction of sp³-hybridized carbons (Fsp3) is 0.250. The highest BCUT2D eigenvalue weighted by Gasteiger charge is 2.10. The van der Waals surface area contributed by atoms with Crippen LogP contribution in [-0.2, 0) is 7.05 Å². The smallest absolute Gasteiger partial charge is 0.0772 e. The lowest BCUT2D eigenvalue weighted by molar-refractivity contribution is 0.196. The SMILES string of the molecule is CC(O)c1ccc(Br)cc1Sc1cnn(C)c1. The Bertz CT molecular complexity index is 525. The third-order valence-corrected chi connectivity index (χ3v) is 3.85. The standard InChI is InChI=1S/C12H13BrN2OS/c1-8(16)11-4-3-9(13)5-12(11)17-10-6-14-15(2)7-10/h3-8,16H,1-2H3. The molecule has 1 N–H and O–H groups in total. The number of benzene rings is 1. The van der Waals surface area contributed by atoms with Gasteiger partial charge in [0.05, 0.1) is 17.2 Å². The average Bonchev–Trinajstić information content (AvgIpc) is 2.63. The normalized spacial score (nSPS) is 12.7. The molecular formula is C12H13BrN2OS. The molecule has 5 heteroatoms. The fourth-order valence-corrected chi connectivity index (χ4v) is 3.13. The van der Waals surface area contributed by atoms with Gasteiger partial charge in [-0.1, -0.05) is 33.8 Å². The lowest BCUT2D eigenvalue weighted by Crippen LogP contribution is -1.93. The molecule has 0 bridgehead atoms. The van der Waals surface area contributed by atoms with Crippen molar-refractivity contribution in [1.29, 1.82) is 0 Å². The van der Waals surface area contributed by atoms with Crippen molar-refractivity contribution in [3.8, 4) is 0 Å². The number of aryl methyl sites for hydroxylation is 1. The summed E-state index contributed by atoms with van der Waals surface area (Å²) in [6, 6.07) is 5.89. The summed E-state index contributed by atoms with van der Waals surface area (Å²) in [5, 5.41) is 13.9. The fourth-order valence-electron chi connectivity index (χ4n) is 1.52. The maximum atomic E-state index is 9.73. The molecule has 0 spiro atoms. The second-order valence-corrected chi connectivity index (χ2v) is 5.84. The van der Waals surface area contributed by atoms with Gasteiger partial charge < -0.3 is 5.11 Å². The van der Waals surface area contributed by atoms with Crippen LogP contribution in [0, 0.1) is 0 Å². The third kappa shape index (κ3) is 3.12. The van der Waals surface area contributed by atoms with Gasteiger partial charge in [0.25, 0.3) is 0 Å². The van der Waals surface area contributed by atoms with Gasteiger partial charge in [0.15, 0.2) is 0 Å². The van der Waals surface area contributed by atoms with Gasteiger partial charge in [0, 0.05) is 22.6 Å². The molecule has 90 valence electrons. The predicted octanol–water partition coefficient (Wildman–Crippen LogP) is 3.39. The van der Waals surface area contributed by atoms with E-state index in [4.69, 9.17) is 0 Å².